The predicted molar refractivity (Wildman–Crippen MR) is 164 cm³/mol. The molecule has 1 aromatic heterocycles. The number of unbranched alkanes of at least 4 members (excludes halogenated alkanes) is 2. The first-order valence-corrected chi connectivity index (χ1v) is 16.0. The number of amides is 1. The normalized spacial score (nSPS) is 14.6. The van der Waals surface area contributed by atoms with Crippen LogP contribution in [0, 0.1) is 5.92 Å². The van der Waals surface area contributed by atoms with E-state index in [1.165, 1.54) is 31.2 Å². The number of aromatic nitrogens is 2. The van der Waals surface area contributed by atoms with Crippen LogP contribution in [0.3, 0.4) is 0 Å². The highest BCUT2D eigenvalue weighted by Gasteiger charge is 2.29. The van der Waals surface area contributed by atoms with Gasteiger partial charge in [0.1, 0.15) is 11.4 Å². The van der Waals surface area contributed by atoms with Gasteiger partial charge in [-0.2, -0.15) is 21.7 Å². The van der Waals surface area contributed by atoms with Crippen molar-refractivity contribution in [1.82, 2.24) is 20.2 Å². The lowest BCUT2D eigenvalue weighted by Gasteiger charge is -2.37. The van der Waals surface area contributed by atoms with Gasteiger partial charge in [-0.1, -0.05) is 60.3 Å². The molecule has 0 aliphatic carbocycles. The second-order valence-electron chi connectivity index (χ2n) is 10.6. The Balaban J connectivity index is 0.000000886. The molecule has 2 aliphatic heterocycles. The molecule has 0 unspecified atom stereocenters. The number of anilines is 1. The fourth-order valence-corrected chi connectivity index (χ4v) is 3.90. The molecule has 3 heterocycles. The minimum absolute atomic E-state index is 0.251. The highest BCUT2D eigenvalue weighted by Crippen LogP contribution is 2.27. The number of thioether (sulfide) groups is 1. The molecule has 0 radical (unpaired) electrons. The summed E-state index contributed by atoms with van der Waals surface area (Å²) in [7, 11) is 1.59. The fourth-order valence-electron chi connectivity index (χ4n) is 3.90. The second kappa shape index (κ2) is 20.2. The molecule has 0 bridgehead atoms. The largest absolute Gasteiger partial charge is 0.467 e. The zero-order valence-electron chi connectivity index (χ0n) is 26.3. The molecule has 1 saturated heterocycles. The number of methoxy groups -OCH3 is 1. The van der Waals surface area contributed by atoms with Crippen LogP contribution in [-0.4, -0.2) is 78.9 Å². The number of ether oxygens (including phenoxy) is 2. The molecule has 1 aromatic rings. The van der Waals surface area contributed by atoms with E-state index in [2.05, 4.69) is 41.0 Å². The highest BCUT2D eigenvalue weighted by atomic mass is 32.2. The quantitative estimate of drug-likeness (QED) is 0.403. The molecule has 3 rings (SSSR count). The molecule has 2 aliphatic rings. The molecule has 0 saturated carbocycles. The minimum Gasteiger partial charge on any atom is -0.467 e. The van der Waals surface area contributed by atoms with E-state index in [-0.39, 0.29) is 6.09 Å². The van der Waals surface area contributed by atoms with Crippen LogP contribution in [-0.2, 0) is 17.7 Å². The predicted octanol–water partition coefficient (Wildman–Crippen LogP) is 6.42. The maximum Gasteiger partial charge on any atom is 0.410 e. The van der Waals surface area contributed by atoms with E-state index in [1.54, 1.807) is 23.8 Å². The number of fused-ring (bicyclic) bond motifs is 1. The van der Waals surface area contributed by atoms with Gasteiger partial charge in [-0.3, -0.25) is 0 Å². The van der Waals surface area contributed by atoms with Crippen molar-refractivity contribution in [3.63, 3.8) is 0 Å². The highest BCUT2D eigenvalue weighted by molar-refractivity contribution is 7.97. The Labute approximate surface area is 238 Å². The Kier molecular flexibility index (Phi) is 19.3. The van der Waals surface area contributed by atoms with Crippen LogP contribution in [0.5, 0.6) is 6.01 Å². The number of nitrogens with zero attached hydrogens (tertiary/aromatic N) is 4. The van der Waals surface area contributed by atoms with Crippen molar-refractivity contribution in [3.8, 4) is 6.01 Å². The lowest BCUT2D eigenvalue weighted by Crippen LogP contribution is -2.50. The Morgan fingerprint density at radius 3 is 2.18 bits per heavy atom. The summed E-state index contributed by atoms with van der Waals surface area (Å²) in [6, 6.07) is 0.395. The number of carbonyl (C=O) groups excluding carboxylic acids is 1. The van der Waals surface area contributed by atoms with Gasteiger partial charge in [-0.25, -0.2) is 4.79 Å². The van der Waals surface area contributed by atoms with E-state index in [0.29, 0.717) is 19.1 Å². The first kappa shape index (κ1) is 36.3. The molecule has 0 aromatic carbocycles. The van der Waals surface area contributed by atoms with Gasteiger partial charge < -0.3 is 24.6 Å². The monoisotopic (exact) mass is 555 g/mol. The number of hydrogen-bond donors (Lipinski definition) is 1. The summed E-state index contributed by atoms with van der Waals surface area (Å²) in [6.07, 6.45) is 10.3. The minimum atomic E-state index is -0.472. The molecule has 1 fully saturated rings. The van der Waals surface area contributed by atoms with Gasteiger partial charge in [0.15, 0.2) is 0 Å². The molecule has 9 heteroatoms. The molecule has 0 atom stereocenters. The van der Waals surface area contributed by atoms with Gasteiger partial charge in [0.25, 0.3) is 0 Å². The first-order chi connectivity index (χ1) is 18.1. The third-order valence-corrected chi connectivity index (χ3v) is 5.69. The van der Waals surface area contributed by atoms with Crippen molar-refractivity contribution in [1.29, 1.82) is 0 Å². The van der Waals surface area contributed by atoms with Gasteiger partial charge in [0.05, 0.1) is 12.8 Å². The Morgan fingerprint density at radius 1 is 1.08 bits per heavy atom. The molecule has 222 valence electrons. The van der Waals surface area contributed by atoms with Crippen molar-refractivity contribution in [2.24, 2.45) is 5.92 Å². The van der Waals surface area contributed by atoms with Crippen molar-refractivity contribution in [2.75, 3.05) is 57.2 Å². The van der Waals surface area contributed by atoms with E-state index in [4.69, 9.17) is 9.47 Å². The van der Waals surface area contributed by atoms with Gasteiger partial charge in [-0.05, 0) is 52.2 Å². The SMILES string of the molecule is CC.CCCCCC(C)C.COc1nc2c(c(N3CCN(C(=O)OC(C)(C)C)CC3)n1)CCNC2.CSC. The fraction of sp³-hybridized carbons (Fsp3) is 0.828. The number of rotatable bonds is 6. The first-order valence-electron chi connectivity index (χ1n) is 14.3. The van der Waals surface area contributed by atoms with Crippen LogP contribution in [0.15, 0.2) is 0 Å². The van der Waals surface area contributed by atoms with E-state index in [0.717, 1.165) is 50.0 Å². The zero-order chi connectivity index (χ0) is 29.1. The van der Waals surface area contributed by atoms with E-state index >= 15 is 0 Å². The standard InChI is InChI=1S/C17H27N5O3.C8H18.C2H6S.C2H6/c1-17(2,3)25-16(23)22-9-7-21(8-10-22)14-12-5-6-18-11-13(12)19-15(20-14)24-4;1-4-5-6-7-8(2)3;1-3-2;1-2/h18H,5-11H2,1-4H3;8H,4-7H2,1-3H3;1-2H3;1-2H3. The Bertz CT molecular complexity index is 763. The summed E-state index contributed by atoms with van der Waals surface area (Å²) in [5.74, 6) is 1.84. The van der Waals surface area contributed by atoms with Crippen molar-refractivity contribution >= 4 is 23.7 Å². The maximum absolute atomic E-state index is 12.2. The summed E-state index contributed by atoms with van der Waals surface area (Å²) in [5, 5.41) is 3.33. The Hall–Kier alpha value is -1.74. The summed E-state index contributed by atoms with van der Waals surface area (Å²) < 4.78 is 10.7. The maximum atomic E-state index is 12.2. The summed E-state index contributed by atoms with van der Waals surface area (Å²) in [6.45, 7) is 20.8. The summed E-state index contributed by atoms with van der Waals surface area (Å²) >= 11 is 1.75. The van der Waals surface area contributed by atoms with Crippen LogP contribution in [0.4, 0.5) is 10.6 Å². The topological polar surface area (TPSA) is 79.8 Å². The molecule has 8 nitrogen and oxygen atoms in total. The smallest absolute Gasteiger partial charge is 0.410 e. The average molecular weight is 556 g/mol. The molecule has 1 N–H and O–H groups in total. The van der Waals surface area contributed by atoms with Crippen LogP contribution in [0.25, 0.3) is 0 Å². The zero-order valence-corrected chi connectivity index (χ0v) is 27.1. The number of hydrogen-bond acceptors (Lipinski definition) is 8. The summed E-state index contributed by atoms with van der Waals surface area (Å²) in [5.41, 5.74) is 1.72. The molecule has 1 amide bonds. The Morgan fingerprint density at radius 2 is 1.68 bits per heavy atom. The van der Waals surface area contributed by atoms with Crippen molar-refractivity contribution < 1.29 is 14.3 Å². The van der Waals surface area contributed by atoms with Crippen LogP contribution < -0.4 is 15.0 Å². The number of nitrogens with one attached hydrogen (secondary N) is 1. The summed E-state index contributed by atoms with van der Waals surface area (Å²) in [4.78, 5) is 25.2. The van der Waals surface area contributed by atoms with Gasteiger partial charge >= 0.3 is 12.1 Å². The lowest BCUT2D eigenvalue weighted by molar-refractivity contribution is 0.0240. The van der Waals surface area contributed by atoms with Crippen molar-refractivity contribution in [3.05, 3.63) is 11.3 Å². The average Bonchev–Trinajstić information content (AvgIpc) is 2.89. The molecular formula is C29H57N5O3S. The van der Waals surface area contributed by atoms with Gasteiger partial charge in [0, 0.05) is 38.3 Å². The number of carbonyl (C=O) groups is 1. The van der Waals surface area contributed by atoms with Crippen LogP contribution >= 0.6 is 11.8 Å². The molecule has 0 spiro atoms. The van der Waals surface area contributed by atoms with E-state index in [9.17, 15) is 4.79 Å². The number of piperazine rings is 1. The van der Waals surface area contributed by atoms with Gasteiger partial charge in [-0.15, -0.1) is 0 Å². The third kappa shape index (κ3) is 14.4. The van der Waals surface area contributed by atoms with Crippen LogP contribution in [0.2, 0.25) is 0 Å². The molecular weight excluding hydrogens is 498 g/mol. The lowest BCUT2D eigenvalue weighted by atomic mass is 10.1. The van der Waals surface area contributed by atoms with Crippen molar-refractivity contribution in [2.45, 2.75) is 99.6 Å². The second-order valence-corrected chi connectivity index (χ2v) is 11.5. The van der Waals surface area contributed by atoms with Crippen LogP contribution in [0.1, 0.15) is 92.3 Å². The van der Waals surface area contributed by atoms with E-state index in [1.807, 2.05) is 47.1 Å². The van der Waals surface area contributed by atoms with E-state index < -0.39 is 5.60 Å². The molecule has 38 heavy (non-hydrogen) atoms. The third-order valence-electron chi connectivity index (χ3n) is 5.69. The van der Waals surface area contributed by atoms with Gasteiger partial charge in [0.2, 0.25) is 0 Å².